The molecule has 2 heteroatoms. The third-order valence-electron chi connectivity index (χ3n) is 2.61. The summed E-state index contributed by atoms with van der Waals surface area (Å²) in [7, 11) is 0. The van der Waals surface area contributed by atoms with Crippen LogP contribution in [0.15, 0.2) is 0 Å². The molecule has 0 spiro atoms. The molecule has 1 fully saturated rings. The van der Waals surface area contributed by atoms with E-state index in [4.69, 9.17) is 0 Å². The summed E-state index contributed by atoms with van der Waals surface area (Å²) in [6, 6.07) is 0. The molecule has 1 aliphatic rings. The van der Waals surface area contributed by atoms with Gasteiger partial charge in [0, 0.05) is 38.2 Å². The molecule has 0 aromatic heterocycles. The van der Waals surface area contributed by atoms with Crippen LogP contribution in [0, 0.1) is 19.3 Å². The van der Waals surface area contributed by atoms with Crippen molar-refractivity contribution in [2.45, 2.75) is 38.6 Å². The van der Waals surface area contributed by atoms with Crippen molar-refractivity contribution in [3.05, 3.63) is 13.8 Å². The first-order chi connectivity index (χ1) is 4.97. The van der Waals surface area contributed by atoms with Crippen molar-refractivity contribution in [2.24, 2.45) is 5.41 Å². The Kier molecular flexibility index (Phi) is 4.93. The summed E-state index contributed by atoms with van der Waals surface area (Å²) < 4.78 is 0. The normalized spacial score (nSPS) is 34.0. The van der Waals surface area contributed by atoms with Gasteiger partial charge in [-0.05, 0) is 20.4 Å². The maximum Gasteiger partial charge on any atom is 0.0104 e. The second kappa shape index (κ2) is 4.53. The van der Waals surface area contributed by atoms with Gasteiger partial charge in [-0.15, -0.1) is 0 Å². The predicted molar refractivity (Wildman–Crippen MR) is 49.1 cm³/mol. The third-order valence-corrected chi connectivity index (χ3v) is 2.61. The summed E-state index contributed by atoms with van der Waals surface area (Å²) >= 11 is 0. The van der Waals surface area contributed by atoms with Crippen molar-refractivity contribution in [3.8, 4) is 0 Å². The molecule has 1 radical (unpaired) electrons. The van der Waals surface area contributed by atoms with Crippen molar-refractivity contribution in [1.29, 1.82) is 0 Å². The van der Waals surface area contributed by atoms with Gasteiger partial charge in [0.25, 0.3) is 0 Å². The van der Waals surface area contributed by atoms with E-state index in [0.717, 1.165) is 19.4 Å². The van der Waals surface area contributed by atoms with Gasteiger partial charge < -0.3 is 19.2 Å². The number of piperidine rings is 1. The molecular formula is C10H19NY-2. The van der Waals surface area contributed by atoms with Crippen molar-refractivity contribution in [1.82, 2.24) is 5.32 Å². The van der Waals surface area contributed by atoms with Crippen LogP contribution >= 0.6 is 0 Å². The second-order valence-corrected chi connectivity index (χ2v) is 4.49. The van der Waals surface area contributed by atoms with Gasteiger partial charge in [-0.25, -0.2) is 6.42 Å². The molecular weight excluding hydrogens is 223 g/mol. The summed E-state index contributed by atoms with van der Waals surface area (Å²) in [5.74, 6) is 0. The van der Waals surface area contributed by atoms with E-state index >= 15 is 0 Å². The van der Waals surface area contributed by atoms with E-state index < -0.39 is 0 Å². The standard InChI is InChI=1S/C10H19N.Y/c1-5-10(4)6-7-11-9(2,3)8-10;/h11H,1,4-8H2,2-3H3;/q-2;. The fourth-order valence-electron chi connectivity index (χ4n) is 1.97. The third kappa shape index (κ3) is 3.43. The molecule has 0 amide bonds. The minimum absolute atomic E-state index is 0. The van der Waals surface area contributed by atoms with Gasteiger partial charge in [-0.1, -0.05) is 12.8 Å². The summed E-state index contributed by atoms with van der Waals surface area (Å²) in [5.41, 5.74) is 0.492. The van der Waals surface area contributed by atoms with Crippen molar-refractivity contribution in [2.75, 3.05) is 6.54 Å². The molecule has 0 aromatic rings. The number of rotatable bonds is 1. The maximum atomic E-state index is 4.24. The summed E-state index contributed by atoms with van der Waals surface area (Å²) in [6.45, 7) is 13.8. The maximum absolute atomic E-state index is 4.24. The molecule has 1 heterocycles. The van der Waals surface area contributed by atoms with Gasteiger partial charge >= 0.3 is 0 Å². The van der Waals surface area contributed by atoms with Crippen LogP contribution in [-0.2, 0) is 32.7 Å². The van der Waals surface area contributed by atoms with E-state index in [-0.39, 0.29) is 43.7 Å². The summed E-state index contributed by atoms with van der Waals surface area (Å²) in [6.07, 6.45) is 3.27. The number of hydrogen-bond donors (Lipinski definition) is 1. The van der Waals surface area contributed by atoms with E-state index in [1.807, 2.05) is 0 Å². The molecule has 1 atom stereocenters. The topological polar surface area (TPSA) is 12.0 Å². The van der Waals surface area contributed by atoms with Gasteiger partial charge in [0.05, 0.1) is 0 Å². The molecule has 1 unspecified atom stereocenters. The van der Waals surface area contributed by atoms with Crippen LogP contribution in [0.25, 0.3) is 0 Å². The van der Waals surface area contributed by atoms with Crippen LogP contribution in [0.5, 0.6) is 0 Å². The van der Waals surface area contributed by atoms with Crippen LogP contribution in [0.1, 0.15) is 33.1 Å². The Balaban J connectivity index is 0.00000121. The van der Waals surface area contributed by atoms with Gasteiger partial charge in [0.2, 0.25) is 0 Å². The zero-order valence-electron chi connectivity index (χ0n) is 8.32. The Bertz CT molecular complexity index is 145. The average Bonchev–Trinajstić information content (AvgIpc) is 1.85. The van der Waals surface area contributed by atoms with Gasteiger partial charge in [0.15, 0.2) is 0 Å². The molecule has 1 saturated heterocycles. The Morgan fingerprint density at radius 1 is 1.42 bits per heavy atom. The van der Waals surface area contributed by atoms with Gasteiger partial charge in [-0.3, -0.25) is 0 Å². The van der Waals surface area contributed by atoms with Crippen LogP contribution in [-0.4, -0.2) is 12.1 Å². The van der Waals surface area contributed by atoms with Crippen LogP contribution in [0.2, 0.25) is 0 Å². The fraction of sp³-hybridized carbons (Fsp3) is 0.800. The Hall–Kier alpha value is 1.06. The number of hydrogen-bond acceptors (Lipinski definition) is 1. The Morgan fingerprint density at radius 2 is 2.00 bits per heavy atom. The molecule has 12 heavy (non-hydrogen) atoms. The van der Waals surface area contributed by atoms with E-state index in [9.17, 15) is 0 Å². The fourth-order valence-corrected chi connectivity index (χ4v) is 1.97. The van der Waals surface area contributed by atoms with E-state index in [1.165, 1.54) is 6.42 Å². The van der Waals surface area contributed by atoms with Crippen LogP contribution < -0.4 is 5.32 Å². The second-order valence-electron chi connectivity index (χ2n) is 4.49. The Morgan fingerprint density at radius 3 is 2.33 bits per heavy atom. The predicted octanol–water partition coefficient (Wildman–Crippen LogP) is 2.19. The molecule has 0 aliphatic carbocycles. The molecule has 1 rings (SSSR count). The van der Waals surface area contributed by atoms with Crippen LogP contribution in [0.3, 0.4) is 0 Å². The molecule has 1 aliphatic heterocycles. The van der Waals surface area contributed by atoms with E-state index in [1.54, 1.807) is 0 Å². The molecule has 69 valence electrons. The molecule has 1 N–H and O–H groups in total. The molecule has 1 nitrogen and oxygen atoms in total. The smallest absolute Gasteiger partial charge is 0.0104 e. The van der Waals surface area contributed by atoms with E-state index in [0.29, 0.717) is 0 Å². The molecule has 0 aromatic carbocycles. The number of nitrogens with one attached hydrogen (secondary N) is 1. The Labute approximate surface area is 102 Å². The minimum atomic E-state index is 0. The van der Waals surface area contributed by atoms with Crippen molar-refractivity contribution < 1.29 is 32.7 Å². The van der Waals surface area contributed by atoms with Gasteiger partial charge in [0.1, 0.15) is 0 Å². The average molecular weight is 242 g/mol. The summed E-state index contributed by atoms with van der Waals surface area (Å²) in [5, 5.41) is 3.48. The van der Waals surface area contributed by atoms with Crippen molar-refractivity contribution >= 4 is 0 Å². The zero-order chi connectivity index (χ0) is 8.54. The van der Waals surface area contributed by atoms with Gasteiger partial charge in [-0.2, -0.15) is 5.41 Å². The van der Waals surface area contributed by atoms with Crippen molar-refractivity contribution in [3.63, 3.8) is 0 Å². The minimum Gasteiger partial charge on any atom is -0.345 e. The summed E-state index contributed by atoms with van der Waals surface area (Å²) in [4.78, 5) is 0. The molecule has 0 saturated carbocycles. The monoisotopic (exact) mass is 242 g/mol. The first-order valence-electron chi connectivity index (χ1n) is 4.37. The SMILES string of the molecule is [CH2-]CC1([CH2-])CCNC(C)(C)C1.[Y]. The first kappa shape index (κ1) is 13.1. The largest absolute Gasteiger partial charge is 0.345 e. The van der Waals surface area contributed by atoms with E-state index in [2.05, 4.69) is 33.0 Å². The quantitative estimate of drug-likeness (QED) is 0.695. The van der Waals surface area contributed by atoms with Crippen LogP contribution in [0.4, 0.5) is 0 Å². The first-order valence-corrected chi connectivity index (χ1v) is 4.37. The zero-order valence-corrected chi connectivity index (χ0v) is 11.2. The molecule has 0 bridgehead atoms.